The summed E-state index contributed by atoms with van der Waals surface area (Å²) in [6, 6.07) is 1.62. The van der Waals surface area contributed by atoms with Gasteiger partial charge in [0.05, 0.1) is 6.20 Å². The van der Waals surface area contributed by atoms with Crippen molar-refractivity contribution in [3.8, 4) is 0 Å². The molecule has 0 saturated heterocycles. The van der Waals surface area contributed by atoms with Gasteiger partial charge in [-0.1, -0.05) is 19.8 Å². The van der Waals surface area contributed by atoms with Gasteiger partial charge in [0.15, 0.2) is 5.82 Å². The Morgan fingerprint density at radius 1 is 1.57 bits per heavy atom. The molecule has 0 atom stereocenters. The van der Waals surface area contributed by atoms with Crippen molar-refractivity contribution >= 4 is 11.8 Å². The molecule has 1 rings (SSSR count). The largest absolute Gasteiger partial charge is 0.754 e. The van der Waals surface area contributed by atoms with Crippen LogP contribution in [0.5, 0.6) is 0 Å². The van der Waals surface area contributed by atoms with Crippen LogP contribution >= 0.6 is 0 Å². The fourth-order valence-electron chi connectivity index (χ4n) is 1.15. The first-order valence-electron chi connectivity index (χ1n) is 4.83. The Morgan fingerprint density at radius 2 is 2.36 bits per heavy atom. The lowest BCUT2D eigenvalue weighted by molar-refractivity contribution is -0.577. The van der Waals surface area contributed by atoms with E-state index in [1.807, 2.05) is 0 Å². The summed E-state index contributed by atoms with van der Waals surface area (Å²) in [4.78, 5) is 3.67. The average molecular weight is 196 g/mol. The maximum atomic E-state index is 11.3. The molecule has 0 saturated carbocycles. The Kier molecular flexibility index (Phi) is 3.97. The number of nitrogen functional groups attached to an aromatic ring is 1. The lowest BCUT2D eigenvalue weighted by Crippen LogP contribution is -2.35. The second kappa shape index (κ2) is 5.26. The molecule has 3 N–H and O–H groups in total. The highest BCUT2D eigenvalue weighted by Crippen LogP contribution is 2.01. The zero-order valence-corrected chi connectivity index (χ0v) is 8.36. The highest BCUT2D eigenvalue weighted by atomic mass is 16.5. The van der Waals surface area contributed by atoms with E-state index in [0.717, 1.165) is 25.8 Å². The number of rotatable bonds is 5. The zero-order valence-electron chi connectivity index (χ0n) is 8.36. The van der Waals surface area contributed by atoms with Crippen molar-refractivity contribution in [2.45, 2.75) is 26.2 Å². The SMILES string of the molecule is CCCCCNc1ccnc(N)[n+]1[O-]. The number of aromatic nitrogens is 2. The number of hydrogen-bond acceptors (Lipinski definition) is 4. The van der Waals surface area contributed by atoms with Crippen molar-refractivity contribution in [3.63, 3.8) is 0 Å². The van der Waals surface area contributed by atoms with Crippen molar-refractivity contribution in [3.05, 3.63) is 17.5 Å². The molecular weight excluding hydrogens is 180 g/mol. The Labute approximate surface area is 83.5 Å². The van der Waals surface area contributed by atoms with Crippen molar-refractivity contribution in [2.24, 2.45) is 0 Å². The number of nitrogens with two attached hydrogens (primary N) is 1. The van der Waals surface area contributed by atoms with Crippen molar-refractivity contribution in [2.75, 3.05) is 17.6 Å². The first-order chi connectivity index (χ1) is 6.75. The van der Waals surface area contributed by atoms with E-state index in [4.69, 9.17) is 5.73 Å². The fourth-order valence-corrected chi connectivity index (χ4v) is 1.15. The van der Waals surface area contributed by atoms with Gasteiger partial charge in [-0.05, 0) is 6.42 Å². The summed E-state index contributed by atoms with van der Waals surface area (Å²) in [6.07, 6.45) is 4.90. The number of anilines is 2. The number of nitrogens with zero attached hydrogens (tertiary/aromatic N) is 2. The average Bonchev–Trinajstić information content (AvgIpc) is 2.19. The van der Waals surface area contributed by atoms with Crippen LogP contribution in [-0.2, 0) is 0 Å². The molecule has 0 aliphatic heterocycles. The minimum Gasteiger partial charge on any atom is -0.754 e. The molecule has 0 bridgehead atoms. The fraction of sp³-hybridized carbons (Fsp3) is 0.556. The second-order valence-electron chi connectivity index (χ2n) is 3.12. The van der Waals surface area contributed by atoms with E-state index in [1.165, 1.54) is 6.20 Å². The normalized spacial score (nSPS) is 10.1. The van der Waals surface area contributed by atoms with Crippen LogP contribution in [-0.4, -0.2) is 11.5 Å². The first kappa shape index (κ1) is 10.6. The molecule has 1 aromatic rings. The molecule has 1 heterocycles. The predicted octanol–water partition coefficient (Wildman–Crippen LogP) is 0.899. The Bertz CT molecular complexity index is 290. The van der Waals surface area contributed by atoms with E-state index < -0.39 is 0 Å². The molecule has 0 amide bonds. The van der Waals surface area contributed by atoms with E-state index in [9.17, 15) is 5.21 Å². The van der Waals surface area contributed by atoms with Crippen LogP contribution in [0.15, 0.2) is 12.3 Å². The van der Waals surface area contributed by atoms with Crippen LogP contribution in [0.25, 0.3) is 0 Å². The van der Waals surface area contributed by atoms with Crippen molar-refractivity contribution in [1.82, 2.24) is 4.98 Å². The highest BCUT2D eigenvalue weighted by Gasteiger charge is 2.02. The van der Waals surface area contributed by atoms with Crippen LogP contribution in [0.4, 0.5) is 11.8 Å². The van der Waals surface area contributed by atoms with E-state index in [2.05, 4.69) is 17.2 Å². The van der Waals surface area contributed by atoms with Crippen LogP contribution < -0.4 is 15.8 Å². The maximum Gasteiger partial charge on any atom is 0.343 e. The summed E-state index contributed by atoms with van der Waals surface area (Å²) in [5.74, 6) is 0.444. The van der Waals surface area contributed by atoms with Gasteiger partial charge in [0.1, 0.15) is 0 Å². The Morgan fingerprint density at radius 3 is 3.07 bits per heavy atom. The van der Waals surface area contributed by atoms with Gasteiger partial charge in [-0.25, -0.2) is 4.73 Å². The molecule has 0 aliphatic rings. The monoisotopic (exact) mass is 196 g/mol. The quantitative estimate of drug-likeness (QED) is 0.416. The Balaban J connectivity index is 2.46. The molecule has 14 heavy (non-hydrogen) atoms. The van der Waals surface area contributed by atoms with E-state index in [1.54, 1.807) is 6.07 Å². The van der Waals surface area contributed by atoms with Crippen LogP contribution in [0.1, 0.15) is 26.2 Å². The molecular formula is C9H16N4O. The van der Waals surface area contributed by atoms with Gasteiger partial charge in [0, 0.05) is 12.6 Å². The summed E-state index contributed by atoms with van der Waals surface area (Å²) in [7, 11) is 0. The number of hydrogen-bond donors (Lipinski definition) is 2. The molecule has 0 spiro atoms. The van der Waals surface area contributed by atoms with Gasteiger partial charge in [-0.2, -0.15) is 0 Å². The van der Waals surface area contributed by atoms with Gasteiger partial charge < -0.3 is 16.3 Å². The third-order valence-electron chi connectivity index (χ3n) is 1.95. The van der Waals surface area contributed by atoms with Crippen molar-refractivity contribution < 1.29 is 4.73 Å². The maximum absolute atomic E-state index is 11.3. The van der Waals surface area contributed by atoms with E-state index in [0.29, 0.717) is 10.5 Å². The smallest absolute Gasteiger partial charge is 0.343 e. The standard InChI is InChI=1S/C9H16N4O/c1-2-3-4-6-11-8-5-7-12-9(10)13(8)14/h5,7,11H,2-4,6H2,1H3,(H2,10,12). The van der Waals surface area contributed by atoms with E-state index >= 15 is 0 Å². The van der Waals surface area contributed by atoms with Crippen LogP contribution in [0.3, 0.4) is 0 Å². The number of unbranched alkanes of at least 4 members (excludes halogenated alkanes) is 2. The lowest BCUT2D eigenvalue weighted by Gasteiger charge is -2.12. The summed E-state index contributed by atoms with van der Waals surface area (Å²) in [5, 5.41) is 14.3. The summed E-state index contributed by atoms with van der Waals surface area (Å²) in [6.45, 7) is 2.93. The summed E-state index contributed by atoms with van der Waals surface area (Å²) >= 11 is 0. The molecule has 78 valence electrons. The predicted molar refractivity (Wildman–Crippen MR) is 55.6 cm³/mol. The number of nitrogens with one attached hydrogen (secondary N) is 1. The summed E-state index contributed by atoms with van der Waals surface area (Å²) in [5.41, 5.74) is 5.35. The third kappa shape index (κ3) is 2.76. The minimum atomic E-state index is -0.0227. The zero-order chi connectivity index (χ0) is 10.4. The van der Waals surface area contributed by atoms with Gasteiger partial charge in [-0.15, -0.1) is 4.98 Å². The third-order valence-corrected chi connectivity index (χ3v) is 1.95. The topological polar surface area (TPSA) is 77.9 Å². The van der Waals surface area contributed by atoms with Gasteiger partial charge in [0.25, 0.3) is 0 Å². The molecule has 5 heteroatoms. The van der Waals surface area contributed by atoms with Crippen LogP contribution in [0, 0.1) is 5.21 Å². The van der Waals surface area contributed by atoms with E-state index in [-0.39, 0.29) is 5.95 Å². The lowest BCUT2D eigenvalue weighted by atomic mass is 10.2. The minimum absolute atomic E-state index is 0.0227. The van der Waals surface area contributed by atoms with Gasteiger partial charge in [-0.3, -0.25) is 0 Å². The molecule has 0 fully saturated rings. The summed E-state index contributed by atoms with van der Waals surface area (Å²) < 4.78 is 0.603. The van der Waals surface area contributed by atoms with Gasteiger partial charge >= 0.3 is 5.95 Å². The Hall–Kier alpha value is -1.52. The second-order valence-corrected chi connectivity index (χ2v) is 3.12. The van der Waals surface area contributed by atoms with Crippen molar-refractivity contribution in [1.29, 1.82) is 0 Å². The molecule has 1 aromatic heterocycles. The molecule has 0 radical (unpaired) electrons. The first-order valence-corrected chi connectivity index (χ1v) is 4.83. The molecule has 0 aromatic carbocycles. The van der Waals surface area contributed by atoms with Gasteiger partial charge in [0.2, 0.25) is 0 Å². The highest BCUT2D eigenvalue weighted by molar-refractivity contribution is 5.29. The van der Waals surface area contributed by atoms with Crippen LogP contribution in [0.2, 0.25) is 0 Å². The molecule has 5 nitrogen and oxygen atoms in total. The molecule has 0 unspecified atom stereocenters. The molecule has 0 aliphatic carbocycles.